The van der Waals surface area contributed by atoms with Crippen LogP contribution in [0.3, 0.4) is 0 Å². The first-order valence-electron chi connectivity index (χ1n) is 9.58. The summed E-state index contributed by atoms with van der Waals surface area (Å²) in [6, 6.07) is 15.9. The number of benzene rings is 2. The molecule has 27 heavy (non-hydrogen) atoms. The minimum Gasteiger partial charge on any atom is -0.331 e. The van der Waals surface area contributed by atoms with E-state index in [1.54, 1.807) is 0 Å². The smallest absolute Gasteiger partial charge is 0.272 e. The highest BCUT2D eigenvalue weighted by molar-refractivity contribution is 5.98. The van der Waals surface area contributed by atoms with E-state index in [0.29, 0.717) is 11.3 Å². The van der Waals surface area contributed by atoms with Crippen molar-refractivity contribution in [3.8, 4) is 0 Å². The third kappa shape index (κ3) is 2.65. The summed E-state index contributed by atoms with van der Waals surface area (Å²) in [6.07, 6.45) is 3.90. The van der Waals surface area contributed by atoms with Crippen LogP contribution in [-0.2, 0) is 6.54 Å². The molecule has 5 nitrogen and oxygen atoms in total. The molecular weight excluding hydrogens is 338 g/mol. The van der Waals surface area contributed by atoms with Gasteiger partial charge in [-0.15, -0.1) is 0 Å². The Morgan fingerprint density at radius 1 is 0.889 bits per heavy atom. The van der Waals surface area contributed by atoms with E-state index in [1.807, 2.05) is 47.4 Å². The predicted octanol–water partition coefficient (Wildman–Crippen LogP) is 3.61. The molecule has 1 aliphatic heterocycles. The summed E-state index contributed by atoms with van der Waals surface area (Å²) in [6.45, 7) is 0.726. The molecule has 2 heterocycles. The summed E-state index contributed by atoms with van der Waals surface area (Å²) in [4.78, 5) is 26.8. The van der Waals surface area contributed by atoms with Crippen LogP contribution in [0.1, 0.15) is 53.2 Å². The number of fused-ring (bicyclic) bond motifs is 2. The van der Waals surface area contributed by atoms with Crippen LogP contribution in [0.5, 0.6) is 0 Å². The number of aromatic nitrogens is 2. The molecule has 2 aromatic carbocycles. The fourth-order valence-corrected chi connectivity index (χ4v) is 4.68. The van der Waals surface area contributed by atoms with Crippen LogP contribution in [0.2, 0.25) is 0 Å². The molecule has 1 aliphatic carbocycles. The van der Waals surface area contributed by atoms with Gasteiger partial charge in [0.1, 0.15) is 0 Å². The first kappa shape index (κ1) is 16.2. The van der Waals surface area contributed by atoms with Gasteiger partial charge in [0.05, 0.1) is 11.1 Å². The number of nitrogens with one attached hydrogen (secondary N) is 1. The molecule has 0 atom stereocenters. The van der Waals surface area contributed by atoms with Gasteiger partial charge < -0.3 is 4.90 Å². The molecule has 0 spiro atoms. The molecule has 136 valence electrons. The number of H-pyrrole nitrogens is 1. The third-order valence-corrected chi connectivity index (χ3v) is 6.10. The van der Waals surface area contributed by atoms with Crippen molar-refractivity contribution in [2.45, 2.75) is 44.2 Å². The number of amides is 1. The highest BCUT2D eigenvalue weighted by Crippen LogP contribution is 2.38. The number of hydrogen-bond donors (Lipinski definition) is 1. The van der Waals surface area contributed by atoms with Gasteiger partial charge in [0.2, 0.25) is 0 Å². The zero-order valence-electron chi connectivity index (χ0n) is 15.0. The number of carbonyl (C=O) groups excluding carboxylic acids is 1. The van der Waals surface area contributed by atoms with Crippen molar-refractivity contribution in [1.82, 2.24) is 15.1 Å². The number of rotatable bonds is 2. The van der Waals surface area contributed by atoms with E-state index < -0.39 is 0 Å². The number of nitrogens with zero attached hydrogens (tertiary/aromatic N) is 2. The molecule has 1 aromatic heterocycles. The topological polar surface area (TPSA) is 66.1 Å². The summed E-state index contributed by atoms with van der Waals surface area (Å²) >= 11 is 0. The van der Waals surface area contributed by atoms with Crippen LogP contribution in [0, 0.1) is 0 Å². The molecule has 1 saturated carbocycles. The number of carbonyl (C=O) groups is 1. The molecule has 5 heteroatoms. The molecule has 2 aliphatic rings. The van der Waals surface area contributed by atoms with Gasteiger partial charge in [0.25, 0.3) is 11.5 Å². The first-order chi connectivity index (χ1) is 13.2. The SMILES string of the molecule is O=C1c2ccccc2CN1C1CCC(c2n[nH]c(=O)c3ccccc23)CC1. The summed E-state index contributed by atoms with van der Waals surface area (Å²) < 4.78 is 0. The van der Waals surface area contributed by atoms with Gasteiger partial charge in [-0.05, 0) is 43.4 Å². The second kappa shape index (κ2) is 6.34. The van der Waals surface area contributed by atoms with E-state index in [4.69, 9.17) is 0 Å². The molecule has 0 bridgehead atoms. The molecular formula is C22H21N3O2. The van der Waals surface area contributed by atoms with E-state index in [0.717, 1.165) is 54.4 Å². The van der Waals surface area contributed by atoms with Crippen molar-refractivity contribution >= 4 is 16.7 Å². The molecule has 3 aromatic rings. The lowest BCUT2D eigenvalue weighted by Gasteiger charge is -2.34. The lowest BCUT2D eigenvalue weighted by atomic mass is 9.82. The molecule has 0 saturated heterocycles. The highest BCUT2D eigenvalue weighted by Gasteiger charge is 2.35. The summed E-state index contributed by atoms with van der Waals surface area (Å²) in [5.74, 6) is 0.491. The molecule has 1 amide bonds. The van der Waals surface area contributed by atoms with Crippen LogP contribution in [0.4, 0.5) is 0 Å². The lowest BCUT2D eigenvalue weighted by molar-refractivity contribution is 0.0651. The van der Waals surface area contributed by atoms with Gasteiger partial charge in [0, 0.05) is 29.5 Å². The minimum atomic E-state index is -0.136. The van der Waals surface area contributed by atoms with Gasteiger partial charge in [0.15, 0.2) is 0 Å². The second-order valence-corrected chi connectivity index (χ2v) is 7.58. The van der Waals surface area contributed by atoms with E-state index in [-0.39, 0.29) is 17.5 Å². The van der Waals surface area contributed by atoms with Crippen molar-refractivity contribution in [3.05, 3.63) is 75.7 Å². The largest absolute Gasteiger partial charge is 0.331 e. The monoisotopic (exact) mass is 359 g/mol. The van der Waals surface area contributed by atoms with Crippen molar-refractivity contribution in [1.29, 1.82) is 0 Å². The van der Waals surface area contributed by atoms with Crippen LogP contribution in [0.25, 0.3) is 10.8 Å². The number of aromatic amines is 1. The van der Waals surface area contributed by atoms with Crippen molar-refractivity contribution in [3.63, 3.8) is 0 Å². The molecule has 0 radical (unpaired) electrons. The predicted molar refractivity (Wildman–Crippen MR) is 104 cm³/mol. The Morgan fingerprint density at radius 3 is 2.37 bits per heavy atom. The Bertz CT molecular complexity index is 1080. The maximum absolute atomic E-state index is 12.7. The lowest BCUT2D eigenvalue weighted by Crippen LogP contribution is -2.38. The van der Waals surface area contributed by atoms with Crippen LogP contribution in [-0.4, -0.2) is 27.0 Å². The van der Waals surface area contributed by atoms with Gasteiger partial charge in [-0.2, -0.15) is 5.10 Å². The number of hydrogen-bond acceptors (Lipinski definition) is 3. The van der Waals surface area contributed by atoms with Crippen molar-refractivity contribution < 1.29 is 4.79 Å². The Morgan fingerprint density at radius 2 is 1.59 bits per heavy atom. The Kier molecular flexibility index (Phi) is 3.81. The van der Waals surface area contributed by atoms with Crippen LogP contribution >= 0.6 is 0 Å². The molecule has 1 N–H and O–H groups in total. The Labute approximate surface area is 157 Å². The van der Waals surface area contributed by atoms with E-state index in [9.17, 15) is 9.59 Å². The maximum atomic E-state index is 12.7. The third-order valence-electron chi connectivity index (χ3n) is 6.10. The van der Waals surface area contributed by atoms with E-state index >= 15 is 0 Å². The Hall–Kier alpha value is -2.95. The first-order valence-corrected chi connectivity index (χ1v) is 9.58. The minimum absolute atomic E-state index is 0.136. The summed E-state index contributed by atoms with van der Waals surface area (Å²) in [7, 11) is 0. The second-order valence-electron chi connectivity index (χ2n) is 7.58. The normalized spacial score (nSPS) is 22.2. The van der Waals surface area contributed by atoms with Gasteiger partial charge in [-0.1, -0.05) is 36.4 Å². The van der Waals surface area contributed by atoms with E-state index in [2.05, 4.69) is 16.3 Å². The van der Waals surface area contributed by atoms with Crippen LogP contribution < -0.4 is 5.56 Å². The average Bonchev–Trinajstić information content (AvgIpc) is 3.06. The fraction of sp³-hybridized carbons (Fsp3) is 0.318. The zero-order chi connectivity index (χ0) is 18.4. The van der Waals surface area contributed by atoms with Crippen molar-refractivity contribution in [2.75, 3.05) is 0 Å². The quantitative estimate of drug-likeness (QED) is 0.760. The average molecular weight is 359 g/mol. The van der Waals surface area contributed by atoms with Gasteiger partial charge in [-0.25, -0.2) is 5.10 Å². The Balaban J connectivity index is 1.35. The van der Waals surface area contributed by atoms with Gasteiger partial charge in [-0.3, -0.25) is 9.59 Å². The molecule has 1 fully saturated rings. The molecule has 5 rings (SSSR count). The van der Waals surface area contributed by atoms with Gasteiger partial charge >= 0.3 is 0 Å². The fourth-order valence-electron chi connectivity index (χ4n) is 4.68. The van der Waals surface area contributed by atoms with Crippen LogP contribution in [0.15, 0.2) is 53.3 Å². The zero-order valence-corrected chi connectivity index (χ0v) is 15.0. The molecule has 0 unspecified atom stereocenters. The maximum Gasteiger partial charge on any atom is 0.272 e. The van der Waals surface area contributed by atoms with Crippen molar-refractivity contribution in [2.24, 2.45) is 0 Å². The standard InChI is InChI=1S/C22H21N3O2/c26-21-19-8-4-3-7-18(19)20(23-24-21)14-9-11-16(12-10-14)25-13-15-5-1-2-6-17(15)22(25)27/h1-8,14,16H,9-13H2,(H,24,26). The highest BCUT2D eigenvalue weighted by atomic mass is 16.2. The van der Waals surface area contributed by atoms with E-state index in [1.165, 1.54) is 0 Å². The summed E-state index contributed by atoms with van der Waals surface area (Å²) in [5, 5.41) is 8.69. The summed E-state index contributed by atoms with van der Waals surface area (Å²) in [5.41, 5.74) is 2.84.